The minimum absolute atomic E-state index is 0.627. The Balaban J connectivity index is 1.59. The quantitative estimate of drug-likeness (QED) is 0.345. The summed E-state index contributed by atoms with van der Waals surface area (Å²) in [6, 6.07) is 12.7. The number of hydrogen-bond donors (Lipinski definition) is 0. The molecule has 0 fully saturated rings. The average Bonchev–Trinajstić information content (AvgIpc) is 2.73. The fourth-order valence-electron chi connectivity index (χ4n) is 3.53. The third-order valence-corrected chi connectivity index (χ3v) is 5.31. The zero-order chi connectivity index (χ0) is 19.2. The number of nitrogens with zero attached hydrogens (tertiary/aromatic N) is 1. The van der Waals surface area contributed by atoms with Crippen molar-refractivity contribution in [1.29, 1.82) is 5.26 Å². The summed E-state index contributed by atoms with van der Waals surface area (Å²) in [4.78, 5) is 0. The highest BCUT2D eigenvalue weighted by Gasteiger charge is 2.29. The van der Waals surface area contributed by atoms with Gasteiger partial charge in [0.2, 0.25) is 0 Å². The fraction of sp³-hybridized carbons (Fsp3) is 0.560. The molecule has 2 nitrogen and oxygen atoms in total. The molecule has 0 amide bonds. The molecule has 27 heavy (non-hydrogen) atoms. The van der Waals surface area contributed by atoms with Crippen molar-refractivity contribution in [2.24, 2.45) is 0 Å². The Morgan fingerprint density at radius 2 is 1.56 bits per heavy atom. The van der Waals surface area contributed by atoms with E-state index in [-0.39, 0.29) is 0 Å². The van der Waals surface area contributed by atoms with Crippen LogP contribution in [0.5, 0.6) is 0 Å². The Morgan fingerprint density at radius 1 is 0.926 bits per heavy atom. The van der Waals surface area contributed by atoms with E-state index in [9.17, 15) is 5.26 Å². The fourth-order valence-corrected chi connectivity index (χ4v) is 3.53. The smallest absolute Gasteiger partial charge is 0.176 e. The number of unbranched alkanes of at least 4 members (excludes halogenated alkanes) is 9. The first-order chi connectivity index (χ1) is 13.3. The number of hydrogen-bond acceptors (Lipinski definition) is 2. The van der Waals surface area contributed by atoms with Crippen LogP contribution in [0.15, 0.2) is 48.6 Å². The Hall–Kier alpha value is -1.85. The van der Waals surface area contributed by atoms with E-state index < -0.39 is 5.60 Å². The van der Waals surface area contributed by atoms with Gasteiger partial charge in [0.15, 0.2) is 5.60 Å². The molecule has 1 aromatic rings. The number of benzene rings is 1. The van der Waals surface area contributed by atoms with Gasteiger partial charge in [-0.3, -0.25) is 0 Å². The number of allylic oxidation sites excluding steroid dienone is 2. The topological polar surface area (TPSA) is 33.0 Å². The average molecular weight is 366 g/mol. The van der Waals surface area contributed by atoms with Crippen molar-refractivity contribution in [3.63, 3.8) is 0 Å². The molecule has 0 spiro atoms. The highest BCUT2D eigenvalue weighted by Crippen LogP contribution is 2.29. The molecule has 0 saturated carbocycles. The van der Waals surface area contributed by atoms with Crippen molar-refractivity contribution in [2.75, 3.05) is 6.61 Å². The van der Waals surface area contributed by atoms with Crippen LogP contribution in [0.3, 0.4) is 0 Å². The molecule has 0 bridgehead atoms. The van der Waals surface area contributed by atoms with Gasteiger partial charge in [0.25, 0.3) is 0 Å². The molecular weight excluding hydrogens is 330 g/mol. The van der Waals surface area contributed by atoms with Crippen molar-refractivity contribution < 1.29 is 4.74 Å². The van der Waals surface area contributed by atoms with Crippen molar-refractivity contribution in [3.8, 4) is 6.07 Å². The summed E-state index contributed by atoms with van der Waals surface area (Å²) in [5.41, 5.74) is 1.58. The molecule has 2 rings (SSSR count). The van der Waals surface area contributed by atoms with E-state index in [1.54, 1.807) is 0 Å². The van der Waals surface area contributed by atoms with Gasteiger partial charge >= 0.3 is 0 Å². The van der Waals surface area contributed by atoms with Crippen molar-refractivity contribution >= 4 is 5.57 Å². The van der Waals surface area contributed by atoms with Gasteiger partial charge in [-0.1, -0.05) is 107 Å². The summed E-state index contributed by atoms with van der Waals surface area (Å²) < 4.78 is 5.98. The van der Waals surface area contributed by atoms with Crippen LogP contribution in [0.4, 0.5) is 0 Å². The van der Waals surface area contributed by atoms with Gasteiger partial charge in [-0.2, -0.15) is 5.26 Å². The van der Waals surface area contributed by atoms with E-state index in [1.807, 2.05) is 30.4 Å². The lowest BCUT2D eigenvalue weighted by Crippen LogP contribution is -2.29. The SMILES string of the molecule is CCCCCCCCCCCCOC1(C#N)C=CC(c2ccccc2)=CC1. The van der Waals surface area contributed by atoms with Crippen LogP contribution in [0.1, 0.15) is 83.1 Å². The third kappa shape index (κ3) is 7.73. The van der Waals surface area contributed by atoms with Crippen LogP contribution in [0, 0.1) is 11.3 Å². The standard InChI is InChI=1S/C25H35NO/c1-2-3-4-5-6-7-8-9-10-14-21-27-25(22-26)19-17-24(18-20-25)23-15-12-11-13-16-23/h11-13,15-19H,2-10,14,20-21H2,1H3. The van der Waals surface area contributed by atoms with Crippen LogP contribution in [0.2, 0.25) is 0 Å². The van der Waals surface area contributed by atoms with E-state index in [4.69, 9.17) is 4.74 Å². The molecule has 0 N–H and O–H groups in total. The number of ether oxygens (including phenoxy) is 1. The normalized spacial score (nSPS) is 18.9. The van der Waals surface area contributed by atoms with E-state index in [2.05, 4.69) is 31.2 Å². The Kier molecular flexibility index (Phi) is 9.95. The van der Waals surface area contributed by atoms with Crippen molar-refractivity contribution in [3.05, 3.63) is 54.1 Å². The molecule has 146 valence electrons. The molecule has 1 unspecified atom stereocenters. The van der Waals surface area contributed by atoms with Crippen molar-refractivity contribution in [1.82, 2.24) is 0 Å². The molecule has 1 atom stereocenters. The minimum Gasteiger partial charge on any atom is -0.356 e. The first kappa shape index (κ1) is 21.5. The second-order valence-corrected chi connectivity index (χ2v) is 7.59. The lowest BCUT2D eigenvalue weighted by molar-refractivity contribution is 0.0323. The van der Waals surface area contributed by atoms with Gasteiger partial charge in [-0.05, 0) is 23.6 Å². The van der Waals surface area contributed by atoms with Crippen LogP contribution in [0.25, 0.3) is 5.57 Å². The Morgan fingerprint density at radius 3 is 2.11 bits per heavy atom. The van der Waals surface area contributed by atoms with Crippen LogP contribution < -0.4 is 0 Å². The predicted octanol–water partition coefficient (Wildman–Crippen LogP) is 7.23. The van der Waals surface area contributed by atoms with E-state index in [0.717, 1.165) is 6.42 Å². The van der Waals surface area contributed by atoms with Gasteiger partial charge in [0.05, 0.1) is 0 Å². The Labute approximate surface area is 165 Å². The monoisotopic (exact) mass is 365 g/mol. The maximum Gasteiger partial charge on any atom is 0.176 e. The summed E-state index contributed by atoms with van der Waals surface area (Å²) in [7, 11) is 0. The summed E-state index contributed by atoms with van der Waals surface area (Å²) in [5, 5.41) is 9.60. The Bertz CT molecular complexity index is 625. The maximum atomic E-state index is 9.60. The minimum atomic E-state index is -0.780. The predicted molar refractivity (Wildman–Crippen MR) is 114 cm³/mol. The second-order valence-electron chi connectivity index (χ2n) is 7.59. The summed E-state index contributed by atoms with van der Waals surface area (Å²) in [6.07, 6.45) is 19.8. The molecule has 1 aliphatic carbocycles. The van der Waals surface area contributed by atoms with Gasteiger partial charge in [0.1, 0.15) is 6.07 Å². The summed E-state index contributed by atoms with van der Waals surface area (Å²) in [6.45, 7) is 2.93. The van der Waals surface area contributed by atoms with Crippen LogP contribution >= 0.6 is 0 Å². The largest absolute Gasteiger partial charge is 0.356 e. The lowest BCUT2D eigenvalue weighted by Gasteiger charge is -2.25. The molecule has 2 heteroatoms. The summed E-state index contributed by atoms with van der Waals surface area (Å²) in [5.74, 6) is 0. The van der Waals surface area contributed by atoms with Crippen LogP contribution in [-0.2, 0) is 4.74 Å². The first-order valence-corrected chi connectivity index (χ1v) is 10.8. The van der Waals surface area contributed by atoms with Gasteiger partial charge < -0.3 is 4.74 Å². The maximum absolute atomic E-state index is 9.60. The second kappa shape index (κ2) is 12.5. The summed E-state index contributed by atoms with van der Waals surface area (Å²) >= 11 is 0. The number of nitriles is 1. The van der Waals surface area contributed by atoms with Gasteiger partial charge in [0, 0.05) is 13.0 Å². The van der Waals surface area contributed by atoms with E-state index in [1.165, 1.54) is 68.9 Å². The molecule has 1 aromatic carbocycles. The number of rotatable bonds is 13. The molecule has 1 aliphatic rings. The molecular formula is C25H35NO. The molecule has 0 heterocycles. The molecule has 0 radical (unpaired) electrons. The van der Waals surface area contributed by atoms with Crippen molar-refractivity contribution in [2.45, 2.75) is 83.2 Å². The zero-order valence-corrected chi connectivity index (χ0v) is 17.0. The molecule has 0 aromatic heterocycles. The van der Waals surface area contributed by atoms with Gasteiger partial charge in [-0.25, -0.2) is 0 Å². The van der Waals surface area contributed by atoms with E-state index >= 15 is 0 Å². The van der Waals surface area contributed by atoms with Gasteiger partial charge in [-0.15, -0.1) is 0 Å². The van der Waals surface area contributed by atoms with Crippen LogP contribution in [-0.4, -0.2) is 12.2 Å². The molecule has 0 aliphatic heterocycles. The molecule has 0 saturated heterocycles. The first-order valence-electron chi connectivity index (χ1n) is 10.8. The zero-order valence-electron chi connectivity index (χ0n) is 17.0. The highest BCUT2D eigenvalue weighted by molar-refractivity contribution is 5.75. The highest BCUT2D eigenvalue weighted by atomic mass is 16.5. The third-order valence-electron chi connectivity index (χ3n) is 5.31. The van der Waals surface area contributed by atoms with E-state index in [0.29, 0.717) is 13.0 Å². The lowest BCUT2D eigenvalue weighted by atomic mass is 9.90.